The number of nitrogens with one attached hydrogen (secondary N) is 1. The van der Waals surface area contributed by atoms with E-state index in [0.29, 0.717) is 12.3 Å². The Balaban J connectivity index is 2.46. The van der Waals surface area contributed by atoms with Crippen molar-refractivity contribution in [3.8, 4) is 0 Å². The van der Waals surface area contributed by atoms with E-state index in [-0.39, 0.29) is 18.4 Å². The molecule has 0 aliphatic heterocycles. The molecule has 0 heterocycles. The summed E-state index contributed by atoms with van der Waals surface area (Å²) < 4.78 is 0. The lowest BCUT2D eigenvalue weighted by atomic mass is 10.2. The monoisotopic (exact) mass is 309 g/mol. The van der Waals surface area contributed by atoms with Gasteiger partial charge in [0.15, 0.2) is 0 Å². The van der Waals surface area contributed by atoms with E-state index in [4.69, 9.17) is 5.73 Å². The average molecular weight is 309 g/mol. The molecule has 0 aliphatic carbocycles. The van der Waals surface area contributed by atoms with Crippen LogP contribution in [0.5, 0.6) is 0 Å². The summed E-state index contributed by atoms with van der Waals surface area (Å²) in [7, 11) is 1.64. The van der Waals surface area contributed by atoms with E-state index in [0.717, 1.165) is 22.6 Å². The standard InChI is InChI=1S/C15H23N3O2S/c1-4-8-17-14(19)9-18(3)15(20)10-21-13-7-5-6-12(16)11(13)2/h5-7H,4,8-10,16H2,1-3H3,(H,17,19). The van der Waals surface area contributed by atoms with E-state index in [2.05, 4.69) is 5.32 Å². The summed E-state index contributed by atoms with van der Waals surface area (Å²) in [5, 5.41) is 2.75. The molecule has 0 saturated carbocycles. The molecule has 1 aromatic carbocycles. The minimum absolute atomic E-state index is 0.0755. The Bertz CT molecular complexity index is 506. The number of amides is 2. The number of carbonyl (C=O) groups excluding carboxylic acids is 2. The Morgan fingerprint density at radius 2 is 2.10 bits per heavy atom. The molecule has 0 fully saturated rings. The van der Waals surface area contributed by atoms with Gasteiger partial charge in [0, 0.05) is 24.2 Å². The van der Waals surface area contributed by atoms with Crippen molar-refractivity contribution in [2.24, 2.45) is 0 Å². The van der Waals surface area contributed by atoms with E-state index < -0.39 is 0 Å². The minimum atomic E-state index is -0.127. The lowest BCUT2D eigenvalue weighted by molar-refractivity contribution is -0.132. The van der Waals surface area contributed by atoms with Gasteiger partial charge in [-0.2, -0.15) is 0 Å². The number of nitrogen functional groups attached to an aromatic ring is 1. The third kappa shape index (κ3) is 5.67. The quantitative estimate of drug-likeness (QED) is 0.593. The highest BCUT2D eigenvalue weighted by atomic mass is 32.2. The fourth-order valence-corrected chi connectivity index (χ4v) is 2.67. The van der Waals surface area contributed by atoms with Crippen LogP contribution in [-0.4, -0.2) is 42.6 Å². The van der Waals surface area contributed by atoms with Crippen molar-refractivity contribution >= 4 is 29.3 Å². The van der Waals surface area contributed by atoms with Crippen LogP contribution >= 0.6 is 11.8 Å². The van der Waals surface area contributed by atoms with Gasteiger partial charge in [-0.3, -0.25) is 9.59 Å². The maximum atomic E-state index is 12.0. The number of nitrogens with two attached hydrogens (primary N) is 1. The van der Waals surface area contributed by atoms with Crippen molar-refractivity contribution < 1.29 is 9.59 Å². The number of likely N-dealkylation sites (N-methyl/N-ethyl adjacent to an activating group) is 1. The first-order chi connectivity index (χ1) is 9.95. The van der Waals surface area contributed by atoms with Gasteiger partial charge in [-0.1, -0.05) is 13.0 Å². The third-order valence-corrected chi connectivity index (χ3v) is 4.20. The van der Waals surface area contributed by atoms with Crippen molar-refractivity contribution in [3.63, 3.8) is 0 Å². The lowest BCUT2D eigenvalue weighted by Crippen LogP contribution is -2.39. The Labute approximate surface area is 130 Å². The molecular formula is C15H23N3O2S. The number of thioether (sulfide) groups is 1. The van der Waals surface area contributed by atoms with Crippen LogP contribution in [0.3, 0.4) is 0 Å². The number of rotatable bonds is 7. The normalized spacial score (nSPS) is 10.2. The van der Waals surface area contributed by atoms with Crippen LogP contribution in [0.1, 0.15) is 18.9 Å². The Morgan fingerprint density at radius 3 is 2.76 bits per heavy atom. The van der Waals surface area contributed by atoms with Crippen LogP contribution in [0.15, 0.2) is 23.1 Å². The van der Waals surface area contributed by atoms with Crippen molar-refractivity contribution in [1.82, 2.24) is 10.2 Å². The van der Waals surface area contributed by atoms with E-state index in [9.17, 15) is 9.59 Å². The molecule has 0 bridgehead atoms. The first-order valence-electron chi connectivity index (χ1n) is 6.94. The number of nitrogens with zero attached hydrogens (tertiary/aromatic N) is 1. The number of benzene rings is 1. The van der Waals surface area contributed by atoms with E-state index in [1.54, 1.807) is 7.05 Å². The Morgan fingerprint density at radius 1 is 1.38 bits per heavy atom. The van der Waals surface area contributed by atoms with Gasteiger partial charge in [-0.05, 0) is 31.0 Å². The topological polar surface area (TPSA) is 75.4 Å². The van der Waals surface area contributed by atoms with Crippen LogP contribution in [0.25, 0.3) is 0 Å². The molecule has 0 spiro atoms. The number of anilines is 1. The Hall–Kier alpha value is -1.69. The van der Waals surface area contributed by atoms with Gasteiger partial charge in [-0.15, -0.1) is 11.8 Å². The summed E-state index contributed by atoms with van der Waals surface area (Å²) >= 11 is 1.44. The van der Waals surface area contributed by atoms with Crippen molar-refractivity contribution in [2.45, 2.75) is 25.2 Å². The molecular weight excluding hydrogens is 286 g/mol. The van der Waals surface area contributed by atoms with Crippen LogP contribution in [-0.2, 0) is 9.59 Å². The van der Waals surface area contributed by atoms with Gasteiger partial charge >= 0.3 is 0 Å². The molecule has 1 aromatic rings. The highest BCUT2D eigenvalue weighted by Gasteiger charge is 2.13. The summed E-state index contributed by atoms with van der Waals surface area (Å²) in [5.41, 5.74) is 7.54. The summed E-state index contributed by atoms with van der Waals surface area (Å²) in [6.45, 7) is 4.65. The minimum Gasteiger partial charge on any atom is -0.398 e. The summed E-state index contributed by atoms with van der Waals surface area (Å²) in [6, 6.07) is 5.65. The second-order valence-corrected chi connectivity index (χ2v) is 5.88. The van der Waals surface area contributed by atoms with Gasteiger partial charge in [0.1, 0.15) is 0 Å². The summed E-state index contributed by atoms with van der Waals surface area (Å²) in [4.78, 5) is 26.0. The number of hydrogen-bond acceptors (Lipinski definition) is 4. The molecule has 116 valence electrons. The van der Waals surface area contributed by atoms with Crippen molar-refractivity contribution in [2.75, 3.05) is 31.6 Å². The zero-order valence-electron chi connectivity index (χ0n) is 12.8. The first-order valence-corrected chi connectivity index (χ1v) is 7.92. The molecule has 0 radical (unpaired) electrons. The largest absolute Gasteiger partial charge is 0.398 e. The van der Waals surface area contributed by atoms with Crippen LogP contribution in [0.2, 0.25) is 0 Å². The molecule has 1 rings (SSSR count). The molecule has 2 amide bonds. The maximum absolute atomic E-state index is 12.0. The van der Waals surface area contributed by atoms with Gasteiger partial charge in [0.25, 0.3) is 0 Å². The zero-order chi connectivity index (χ0) is 15.8. The average Bonchev–Trinajstić information content (AvgIpc) is 2.46. The van der Waals surface area contributed by atoms with Gasteiger partial charge in [0.2, 0.25) is 11.8 Å². The van der Waals surface area contributed by atoms with Crippen LogP contribution < -0.4 is 11.1 Å². The number of carbonyl (C=O) groups is 2. The molecule has 0 unspecified atom stereocenters. The highest BCUT2D eigenvalue weighted by molar-refractivity contribution is 8.00. The molecule has 3 N–H and O–H groups in total. The van der Waals surface area contributed by atoms with Gasteiger partial charge < -0.3 is 16.0 Å². The highest BCUT2D eigenvalue weighted by Crippen LogP contribution is 2.26. The smallest absolute Gasteiger partial charge is 0.239 e. The molecule has 5 nitrogen and oxygen atoms in total. The van der Waals surface area contributed by atoms with E-state index in [1.807, 2.05) is 32.0 Å². The summed E-state index contributed by atoms with van der Waals surface area (Å²) in [6.07, 6.45) is 0.883. The lowest BCUT2D eigenvalue weighted by Gasteiger charge is -2.17. The van der Waals surface area contributed by atoms with Crippen molar-refractivity contribution in [3.05, 3.63) is 23.8 Å². The molecule has 21 heavy (non-hydrogen) atoms. The zero-order valence-corrected chi connectivity index (χ0v) is 13.6. The maximum Gasteiger partial charge on any atom is 0.239 e. The molecule has 0 saturated heterocycles. The Kier molecular flexibility index (Phi) is 7.08. The number of hydrogen-bond donors (Lipinski definition) is 2. The SMILES string of the molecule is CCCNC(=O)CN(C)C(=O)CSc1cccc(N)c1C. The second-order valence-electron chi connectivity index (χ2n) is 4.86. The predicted molar refractivity (Wildman–Crippen MR) is 87.3 cm³/mol. The second kappa shape index (κ2) is 8.56. The van der Waals surface area contributed by atoms with Crippen LogP contribution in [0, 0.1) is 6.92 Å². The van der Waals surface area contributed by atoms with Crippen LogP contribution in [0.4, 0.5) is 5.69 Å². The predicted octanol–water partition coefficient (Wildman–Crippen LogP) is 1.65. The molecule has 6 heteroatoms. The fraction of sp³-hybridized carbons (Fsp3) is 0.467. The van der Waals surface area contributed by atoms with Crippen molar-refractivity contribution in [1.29, 1.82) is 0 Å². The van der Waals surface area contributed by atoms with E-state index >= 15 is 0 Å². The van der Waals surface area contributed by atoms with E-state index in [1.165, 1.54) is 16.7 Å². The molecule has 0 aromatic heterocycles. The molecule has 0 atom stereocenters. The third-order valence-electron chi connectivity index (χ3n) is 3.06. The first kappa shape index (κ1) is 17.4. The van der Waals surface area contributed by atoms with Gasteiger partial charge in [0.05, 0.1) is 12.3 Å². The van der Waals surface area contributed by atoms with Gasteiger partial charge in [-0.25, -0.2) is 0 Å². The summed E-state index contributed by atoms with van der Waals surface area (Å²) in [5.74, 6) is 0.0910. The molecule has 0 aliphatic rings. The fourth-order valence-electron chi connectivity index (χ4n) is 1.66.